The Labute approximate surface area is 62.3 Å². The van der Waals surface area contributed by atoms with E-state index in [0.717, 1.165) is 4.85 Å². The van der Waals surface area contributed by atoms with Crippen molar-refractivity contribution in [3.05, 3.63) is 24.4 Å². The molecule has 1 aromatic carbocycles. The molecule has 11 heavy (non-hydrogen) atoms. The first-order chi connectivity index (χ1) is 5.27. The van der Waals surface area contributed by atoms with Gasteiger partial charge in [0.1, 0.15) is 11.3 Å². The van der Waals surface area contributed by atoms with Gasteiger partial charge < -0.3 is 10.3 Å². The summed E-state index contributed by atoms with van der Waals surface area (Å²) in [6, 6.07) is 4.63. The molecule has 0 unspecified atom stereocenters. The first-order valence-corrected chi connectivity index (χ1v) is 3.13. The second-order valence-electron chi connectivity index (χ2n) is 2.28. The predicted octanol–water partition coefficient (Wildman–Crippen LogP) is 0.979. The Kier molecular flexibility index (Phi) is 1.03. The summed E-state index contributed by atoms with van der Waals surface area (Å²) < 4.78 is 0. The highest BCUT2D eigenvalue weighted by Gasteiger charge is 1.99. The van der Waals surface area contributed by atoms with E-state index in [9.17, 15) is 0 Å². The van der Waals surface area contributed by atoms with Crippen molar-refractivity contribution in [2.45, 2.75) is 0 Å². The van der Waals surface area contributed by atoms with Gasteiger partial charge in [0.2, 0.25) is 0 Å². The number of nitrogens with zero attached hydrogens (tertiary/aromatic N) is 2. The molecular formula is C7H6N2O2. The molecule has 0 aliphatic heterocycles. The van der Waals surface area contributed by atoms with Gasteiger partial charge in [0, 0.05) is 5.39 Å². The van der Waals surface area contributed by atoms with Crippen LogP contribution in [-0.2, 0) is 0 Å². The van der Waals surface area contributed by atoms with Crippen molar-refractivity contribution in [3.63, 3.8) is 0 Å². The third-order valence-corrected chi connectivity index (χ3v) is 1.53. The van der Waals surface area contributed by atoms with Gasteiger partial charge in [-0.15, -0.1) is 9.94 Å². The smallest absolute Gasteiger partial charge is 0.116 e. The van der Waals surface area contributed by atoms with Gasteiger partial charge >= 0.3 is 0 Å². The lowest BCUT2D eigenvalue weighted by Gasteiger charge is -1.92. The molecule has 0 aliphatic rings. The van der Waals surface area contributed by atoms with Crippen LogP contribution in [0.2, 0.25) is 0 Å². The van der Waals surface area contributed by atoms with Crippen molar-refractivity contribution in [1.82, 2.24) is 9.94 Å². The monoisotopic (exact) mass is 150 g/mol. The molecule has 0 amide bonds. The molecule has 0 radical (unpaired) electrons. The van der Waals surface area contributed by atoms with Crippen LogP contribution < -0.4 is 0 Å². The molecule has 1 heterocycles. The van der Waals surface area contributed by atoms with Gasteiger partial charge in [-0.3, -0.25) is 0 Å². The summed E-state index contributed by atoms with van der Waals surface area (Å²) in [6.07, 6.45) is 1.48. The summed E-state index contributed by atoms with van der Waals surface area (Å²) >= 11 is 0. The minimum atomic E-state index is 0.172. The van der Waals surface area contributed by atoms with Crippen molar-refractivity contribution in [2.24, 2.45) is 0 Å². The normalized spacial score (nSPS) is 10.5. The Hall–Kier alpha value is -1.71. The molecule has 0 spiro atoms. The van der Waals surface area contributed by atoms with E-state index in [0.29, 0.717) is 10.9 Å². The first kappa shape index (κ1) is 6.03. The minimum absolute atomic E-state index is 0.172. The molecule has 56 valence electrons. The van der Waals surface area contributed by atoms with Gasteiger partial charge in [0.05, 0.1) is 6.20 Å². The summed E-state index contributed by atoms with van der Waals surface area (Å²) in [5, 5.41) is 22.4. The number of hydrogen-bond acceptors (Lipinski definition) is 3. The SMILES string of the molecule is Oc1ccc2c(cnn2O)c1. The minimum Gasteiger partial charge on any atom is -0.508 e. The number of aromatic nitrogens is 2. The van der Waals surface area contributed by atoms with E-state index in [4.69, 9.17) is 10.3 Å². The summed E-state index contributed by atoms with van der Waals surface area (Å²) in [5.74, 6) is 0.172. The van der Waals surface area contributed by atoms with Crippen LogP contribution in [0.15, 0.2) is 24.4 Å². The molecule has 4 heteroatoms. The zero-order valence-electron chi connectivity index (χ0n) is 5.60. The van der Waals surface area contributed by atoms with Gasteiger partial charge in [-0.25, -0.2) is 0 Å². The van der Waals surface area contributed by atoms with E-state index in [2.05, 4.69) is 5.10 Å². The molecule has 2 aromatic rings. The molecule has 0 bridgehead atoms. The lowest BCUT2D eigenvalue weighted by Crippen LogP contribution is -1.89. The van der Waals surface area contributed by atoms with Crippen molar-refractivity contribution in [1.29, 1.82) is 0 Å². The molecule has 0 fully saturated rings. The number of phenols is 1. The fourth-order valence-corrected chi connectivity index (χ4v) is 1.01. The number of aromatic hydroxyl groups is 1. The average molecular weight is 150 g/mol. The maximum absolute atomic E-state index is 9.03. The summed E-state index contributed by atoms with van der Waals surface area (Å²) in [5.41, 5.74) is 0.586. The van der Waals surface area contributed by atoms with Crippen LogP contribution in [0.5, 0.6) is 5.75 Å². The Morgan fingerprint density at radius 2 is 2.18 bits per heavy atom. The zero-order valence-corrected chi connectivity index (χ0v) is 5.60. The van der Waals surface area contributed by atoms with E-state index in [-0.39, 0.29) is 5.75 Å². The van der Waals surface area contributed by atoms with Crippen molar-refractivity contribution >= 4 is 10.9 Å². The Bertz CT molecular complexity index is 394. The second-order valence-corrected chi connectivity index (χ2v) is 2.28. The highest BCUT2D eigenvalue weighted by molar-refractivity contribution is 5.79. The van der Waals surface area contributed by atoms with E-state index in [1.165, 1.54) is 18.3 Å². The van der Waals surface area contributed by atoms with Crippen LogP contribution in [0, 0.1) is 0 Å². The molecular weight excluding hydrogens is 144 g/mol. The van der Waals surface area contributed by atoms with Crippen molar-refractivity contribution < 1.29 is 10.3 Å². The van der Waals surface area contributed by atoms with Crippen molar-refractivity contribution in [3.8, 4) is 5.75 Å². The summed E-state index contributed by atoms with van der Waals surface area (Å²) in [6.45, 7) is 0. The molecule has 0 saturated heterocycles. The van der Waals surface area contributed by atoms with Gasteiger partial charge in [-0.1, -0.05) is 0 Å². The third-order valence-electron chi connectivity index (χ3n) is 1.53. The summed E-state index contributed by atoms with van der Waals surface area (Å²) in [4.78, 5) is 0.773. The lowest BCUT2D eigenvalue weighted by molar-refractivity contribution is 0.161. The van der Waals surface area contributed by atoms with Crippen LogP contribution in [0.25, 0.3) is 10.9 Å². The van der Waals surface area contributed by atoms with Crippen molar-refractivity contribution in [2.75, 3.05) is 0 Å². The van der Waals surface area contributed by atoms with Crippen LogP contribution in [0.4, 0.5) is 0 Å². The zero-order chi connectivity index (χ0) is 7.84. The average Bonchev–Trinajstić information content (AvgIpc) is 2.32. The van der Waals surface area contributed by atoms with E-state index >= 15 is 0 Å². The number of rotatable bonds is 0. The molecule has 0 atom stereocenters. The maximum Gasteiger partial charge on any atom is 0.116 e. The van der Waals surface area contributed by atoms with Crippen LogP contribution in [-0.4, -0.2) is 20.3 Å². The van der Waals surface area contributed by atoms with E-state index in [1.54, 1.807) is 6.07 Å². The summed E-state index contributed by atoms with van der Waals surface area (Å²) in [7, 11) is 0. The van der Waals surface area contributed by atoms with Gasteiger partial charge in [-0.2, -0.15) is 0 Å². The van der Waals surface area contributed by atoms with Gasteiger partial charge in [0.25, 0.3) is 0 Å². The largest absolute Gasteiger partial charge is 0.508 e. The lowest BCUT2D eigenvalue weighted by atomic mass is 10.2. The molecule has 0 saturated carbocycles. The number of benzene rings is 1. The molecule has 0 aliphatic carbocycles. The Balaban J connectivity index is 2.86. The fourth-order valence-electron chi connectivity index (χ4n) is 1.01. The number of hydrogen-bond donors (Lipinski definition) is 2. The van der Waals surface area contributed by atoms with Crippen LogP contribution >= 0.6 is 0 Å². The standard InChI is InChI=1S/C7H6N2O2/c10-6-1-2-7-5(3-6)4-8-9(7)11/h1-4,10-11H. The number of phenolic OH excluding ortho intramolecular Hbond substituents is 1. The third kappa shape index (κ3) is 0.797. The number of fused-ring (bicyclic) bond motifs is 1. The van der Waals surface area contributed by atoms with E-state index in [1.807, 2.05) is 0 Å². The Morgan fingerprint density at radius 1 is 1.36 bits per heavy atom. The van der Waals surface area contributed by atoms with Gasteiger partial charge in [-0.05, 0) is 18.2 Å². The highest BCUT2D eigenvalue weighted by Crippen LogP contribution is 2.17. The van der Waals surface area contributed by atoms with Crippen LogP contribution in [0.1, 0.15) is 0 Å². The van der Waals surface area contributed by atoms with Crippen LogP contribution in [0.3, 0.4) is 0 Å². The fraction of sp³-hybridized carbons (Fsp3) is 0. The molecule has 2 rings (SSSR count). The first-order valence-electron chi connectivity index (χ1n) is 3.13. The Morgan fingerprint density at radius 3 is 3.00 bits per heavy atom. The predicted molar refractivity (Wildman–Crippen MR) is 38.6 cm³/mol. The quantitative estimate of drug-likeness (QED) is 0.550. The topological polar surface area (TPSA) is 58.3 Å². The highest BCUT2D eigenvalue weighted by atomic mass is 16.5. The second kappa shape index (κ2) is 1.88. The van der Waals surface area contributed by atoms with E-state index < -0.39 is 0 Å². The van der Waals surface area contributed by atoms with Gasteiger partial charge in [0.15, 0.2) is 0 Å². The maximum atomic E-state index is 9.03. The molecule has 2 N–H and O–H groups in total. The molecule has 1 aromatic heterocycles. The molecule has 4 nitrogen and oxygen atoms in total.